The van der Waals surface area contributed by atoms with E-state index in [1.54, 1.807) is 23.1 Å². The van der Waals surface area contributed by atoms with Crippen molar-refractivity contribution in [3.8, 4) is 0 Å². The molecule has 2 aliphatic rings. The van der Waals surface area contributed by atoms with E-state index in [0.717, 1.165) is 33.5 Å². The lowest BCUT2D eigenvalue weighted by atomic mass is 10.2. The van der Waals surface area contributed by atoms with Gasteiger partial charge in [0.2, 0.25) is 0 Å². The normalized spacial score (nSPS) is 24.7. The number of Topliss-reactive ketones (excluding diaryl/α,β-unsaturated/α-hetero) is 1. The Balaban J connectivity index is 1.76. The summed E-state index contributed by atoms with van der Waals surface area (Å²) in [6.45, 7) is 2.23. The Hall–Kier alpha value is -0.680. The van der Waals surface area contributed by atoms with Crippen molar-refractivity contribution in [2.45, 2.75) is 50.0 Å². The molecule has 2 unspecified atom stereocenters. The predicted octanol–water partition coefficient (Wildman–Crippen LogP) is 4.25. The molecule has 5 heteroatoms. The van der Waals surface area contributed by atoms with E-state index < -0.39 is 0 Å². The third kappa shape index (κ3) is 2.70. The highest BCUT2D eigenvalue weighted by Gasteiger charge is 2.38. The van der Waals surface area contributed by atoms with E-state index >= 15 is 0 Å². The van der Waals surface area contributed by atoms with Gasteiger partial charge in [-0.2, -0.15) is 0 Å². The zero-order valence-electron chi connectivity index (χ0n) is 12.1. The summed E-state index contributed by atoms with van der Waals surface area (Å²) in [5, 5.41) is 4.72. The molecule has 0 spiro atoms. The Kier molecular flexibility index (Phi) is 4.00. The van der Waals surface area contributed by atoms with E-state index in [2.05, 4.69) is 12.2 Å². The topological polar surface area (TPSA) is 55.1 Å². The Bertz CT molecular complexity index is 522. The van der Waals surface area contributed by atoms with E-state index in [1.165, 1.54) is 19.3 Å². The van der Waals surface area contributed by atoms with Crippen molar-refractivity contribution in [2.75, 3.05) is 17.3 Å². The van der Waals surface area contributed by atoms with Crippen LogP contribution in [0.4, 0.5) is 10.7 Å². The van der Waals surface area contributed by atoms with Gasteiger partial charge < -0.3 is 11.1 Å². The molecule has 0 bridgehead atoms. The molecule has 3 N–H and O–H groups in total. The second kappa shape index (κ2) is 5.60. The van der Waals surface area contributed by atoms with Gasteiger partial charge in [-0.1, -0.05) is 13.3 Å². The SMILES string of the molecule is CCCC1CC1Nc1sc(C(=O)C2CC2)c(N)c1SC. The molecule has 2 fully saturated rings. The molecular formula is C15H22N2OS2. The first-order valence-corrected chi connectivity index (χ1v) is 9.46. The molecule has 0 aliphatic heterocycles. The Morgan fingerprint density at radius 1 is 1.50 bits per heavy atom. The van der Waals surface area contributed by atoms with Crippen molar-refractivity contribution in [3.63, 3.8) is 0 Å². The number of thiophene rings is 1. The van der Waals surface area contributed by atoms with E-state index in [0.29, 0.717) is 11.7 Å². The highest BCUT2D eigenvalue weighted by molar-refractivity contribution is 7.99. The van der Waals surface area contributed by atoms with Gasteiger partial charge in [-0.25, -0.2) is 0 Å². The highest BCUT2D eigenvalue weighted by atomic mass is 32.2. The number of nitrogens with two attached hydrogens (primary N) is 1. The first kappa shape index (κ1) is 14.3. The number of anilines is 2. The van der Waals surface area contributed by atoms with Crippen LogP contribution >= 0.6 is 23.1 Å². The van der Waals surface area contributed by atoms with Gasteiger partial charge in [0.05, 0.1) is 15.5 Å². The summed E-state index contributed by atoms with van der Waals surface area (Å²) in [6.07, 6.45) is 7.90. The van der Waals surface area contributed by atoms with Gasteiger partial charge in [0.1, 0.15) is 5.00 Å². The van der Waals surface area contributed by atoms with Crippen LogP contribution in [-0.4, -0.2) is 18.1 Å². The molecule has 2 atom stereocenters. The van der Waals surface area contributed by atoms with Crippen molar-refractivity contribution in [3.05, 3.63) is 4.88 Å². The lowest BCUT2D eigenvalue weighted by molar-refractivity contribution is 0.0972. The molecule has 0 amide bonds. The molecule has 1 aromatic rings. The standard InChI is InChI=1S/C15H22N2OS2/c1-3-4-9-7-10(9)17-15-14(19-2)11(16)13(20-15)12(18)8-5-6-8/h8-10,17H,3-7,16H2,1-2H3. The van der Waals surface area contributed by atoms with Crippen LogP contribution in [0.1, 0.15) is 48.7 Å². The molecule has 1 aromatic heterocycles. The second-order valence-corrected chi connectivity index (χ2v) is 7.72. The maximum atomic E-state index is 12.3. The summed E-state index contributed by atoms with van der Waals surface area (Å²) < 4.78 is 0. The van der Waals surface area contributed by atoms with Crippen molar-refractivity contribution < 1.29 is 4.79 Å². The van der Waals surface area contributed by atoms with Crippen LogP contribution in [0.15, 0.2) is 4.90 Å². The Morgan fingerprint density at radius 2 is 2.25 bits per heavy atom. The Labute approximate surface area is 128 Å². The second-order valence-electron chi connectivity index (χ2n) is 5.88. The van der Waals surface area contributed by atoms with Crippen LogP contribution in [0.25, 0.3) is 0 Å². The zero-order chi connectivity index (χ0) is 14.3. The molecule has 3 nitrogen and oxygen atoms in total. The minimum Gasteiger partial charge on any atom is -0.396 e. The van der Waals surface area contributed by atoms with Crippen molar-refractivity contribution in [2.24, 2.45) is 11.8 Å². The van der Waals surface area contributed by atoms with Crippen molar-refractivity contribution >= 4 is 39.6 Å². The third-order valence-corrected chi connectivity index (χ3v) is 6.29. The summed E-state index contributed by atoms with van der Waals surface area (Å²) in [6, 6.07) is 0.586. The first-order valence-electron chi connectivity index (χ1n) is 7.42. The average Bonchev–Trinajstić information content (AvgIpc) is 3.31. The predicted molar refractivity (Wildman–Crippen MR) is 88.0 cm³/mol. The zero-order valence-corrected chi connectivity index (χ0v) is 13.7. The van der Waals surface area contributed by atoms with E-state index in [-0.39, 0.29) is 11.7 Å². The van der Waals surface area contributed by atoms with E-state index in [9.17, 15) is 4.79 Å². The number of nitrogens with one attached hydrogen (secondary N) is 1. The summed E-state index contributed by atoms with van der Waals surface area (Å²) in [5.74, 6) is 1.31. The fourth-order valence-electron chi connectivity index (χ4n) is 2.72. The molecule has 2 saturated carbocycles. The van der Waals surface area contributed by atoms with Crippen molar-refractivity contribution in [1.82, 2.24) is 0 Å². The number of hydrogen-bond donors (Lipinski definition) is 2. The molecule has 2 aliphatic carbocycles. The van der Waals surface area contributed by atoms with Gasteiger partial charge in [0.25, 0.3) is 0 Å². The fraction of sp³-hybridized carbons (Fsp3) is 0.667. The number of ketones is 1. The lowest BCUT2D eigenvalue weighted by Gasteiger charge is -2.05. The summed E-state index contributed by atoms with van der Waals surface area (Å²) in [5.41, 5.74) is 6.90. The molecule has 20 heavy (non-hydrogen) atoms. The maximum absolute atomic E-state index is 12.3. The molecule has 3 rings (SSSR count). The minimum absolute atomic E-state index is 0.243. The van der Waals surface area contributed by atoms with Gasteiger partial charge in [-0.05, 0) is 37.9 Å². The summed E-state index contributed by atoms with van der Waals surface area (Å²) in [7, 11) is 0. The average molecular weight is 310 g/mol. The molecule has 0 aromatic carbocycles. The van der Waals surface area contributed by atoms with Gasteiger partial charge >= 0.3 is 0 Å². The van der Waals surface area contributed by atoms with Crippen LogP contribution < -0.4 is 11.1 Å². The maximum Gasteiger partial charge on any atom is 0.178 e. The van der Waals surface area contributed by atoms with Gasteiger partial charge in [-0.3, -0.25) is 4.79 Å². The largest absolute Gasteiger partial charge is 0.396 e. The highest BCUT2D eigenvalue weighted by Crippen LogP contribution is 2.47. The minimum atomic E-state index is 0.243. The quantitative estimate of drug-likeness (QED) is 0.584. The number of rotatable bonds is 7. The van der Waals surface area contributed by atoms with E-state index in [4.69, 9.17) is 5.73 Å². The Morgan fingerprint density at radius 3 is 2.85 bits per heavy atom. The summed E-state index contributed by atoms with van der Waals surface area (Å²) >= 11 is 3.22. The van der Waals surface area contributed by atoms with Crippen LogP contribution in [0, 0.1) is 11.8 Å². The van der Waals surface area contributed by atoms with Crippen LogP contribution in [0.3, 0.4) is 0 Å². The first-order chi connectivity index (χ1) is 9.65. The van der Waals surface area contributed by atoms with Crippen LogP contribution in [0.5, 0.6) is 0 Å². The monoisotopic (exact) mass is 310 g/mol. The third-order valence-electron chi connectivity index (χ3n) is 4.17. The summed E-state index contributed by atoms with van der Waals surface area (Å²) in [4.78, 5) is 14.1. The molecular weight excluding hydrogens is 288 g/mol. The lowest BCUT2D eigenvalue weighted by Crippen LogP contribution is -2.03. The van der Waals surface area contributed by atoms with Crippen molar-refractivity contribution in [1.29, 1.82) is 0 Å². The van der Waals surface area contributed by atoms with E-state index in [1.807, 2.05) is 6.26 Å². The molecule has 1 heterocycles. The molecule has 110 valence electrons. The number of carbonyl (C=O) groups is 1. The fourth-order valence-corrected chi connectivity index (χ4v) is 4.83. The van der Waals surface area contributed by atoms with Crippen LogP contribution in [0.2, 0.25) is 0 Å². The number of carbonyl (C=O) groups excluding carboxylic acids is 1. The molecule has 0 saturated heterocycles. The van der Waals surface area contributed by atoms with Gasteiger partial charge in [0.15, 0.2) is 5.78 Å². The molecule has 0 radical (unpaired) electrons. The number of hydrogen-bond acceptors (Lipinski definition) is 5. The van der Waals surface area contributed by atoms with Gasteiger partial charge in [0, 0.05) is 12.0 Å². The number of thioether (sulfide) groups is 1. The smallest absolute Gasteiger partial charge is 0.178 e. The van der Waals surface area contributed by atoms with Gasteiger partial charge in [-0.15, -0.1) is 23.1 Å². The number of nitrogen functional groups attached to an aromatic ring is 1. The van der Waals surface area contributed by atoms with Crippen LogP contribution in [-0.2, 0) is 0 Å².